The molecule has 0 fully saturated rings. The zero-order valence-corrected chi connectivity index (χ0v) is 19.9. The van der Waals surface area contributed by atoms with E-state index in [1.165, 1.54) is 6.08 Å². The second-order valence-corrected chi connectivity index (χ2v) is 7.94. The van der Waals surface area contributed by atoms with Crippen LogP contribution in [0.1, 0.15) is 30.9 Å². The summed E-state index contributed by atoms with van der Waals surface area (Å²) in [6, 6.07) is 23.4. The lowest BCUT2D eigenvalue weighted by Gasteiger charge is -2.19. The molecule has 0 saturated carbocycles. The lowest BCUT2D eigenvalue weighted by molar-refractivity contribution is -0.111. The highest BCUT2D eigenvalue weighted by Gasteiger charge is 2.17. The van der Waals surface area contributed by atoms with Crippen LogP contribution < -0.4 is 21.1 Å². The summed E-state index contributed by atoms with van der Waals surface area (Å²) in [5.41, 5.74) is 8.32. The van der Waals surface area contributed by atoms with Crippen LogP contribution in [0.4, 0.5) is 21.9 Å². The fourth-order valence-electron chi connectivity index (χ4n) is 3.46. The van der Waals surface area contributed by atoms with Crippen molar-refractivity contribution in [1.82, 2.24) is 0 Å². The molecule has 0 aliphatic carbocycles. The Balaban J connectivity index is 1.59. The first-order chi connectivity index (χ1) is 17.5. The van der Waals surface area contributed by atoms with Crippen LogP contribution in [0.5, 0.6) is 5.75 Å². The van der Waals surface area contributed by atoms with Crippen molar-refractivity contribution < 1.29 is 24.2 Å². The molecule has 3 aromatic carbocycles. The highest BCUT2D eigenvalue weighted by atomic mass is 16.6. The second-order valence-electron chi connectivity index (χ2n) is 7.94. The third kappa shape index (κ3) is 8.81. The van der Waals surface area contributed by atoms with Crippen LogP contribution in [-0.4, -0.2) is 30.3 Å². The van der Waals surface area contributed by atoms with Gasteiger partial charge in [0, 0.05) is 5.69 Å². The molecule has 3 aromatic rings. The highest BCUT2D eigenvalue weighted by molar-refractivity contribution is 6.01. The van der Waals surface area contributed by atoms with E-state index in [-0.39, 0.29) is 19.1 Å². The van der Waals surface area contributed by atoms with Gasteiger partial charge in [-0.25, -0.2) is 4.79 Å². The van der Waals surface area contributed by atoms with Crippen LogP contribution in [0.2, 0.25) is 0 Å². The Kier molecular flexibility index (Phi) is 10.4. The number of ether oxygens (including phenoxy) is 2. The Bertz CT molecular complexity index is 1150. The SMILES string of the molecule is Nc1ccccc1NC(=O)/C=C/CCC[C@H](OC(=O)Nc1ccccc1)c1cccc(OCCO)c1. The second kappa shape index (κ2) is 14.2. The fraction of sp³-hybridized carbons (Fsp3) is 0.214. The van der Waals surface area contributed by atoms with Gasteiger partial charge in [0.25, 0.3) is 0 Å². The summed E-state index contributed by atoms with van der Waals surface area (Å²) in [4.78, 5) is 24.7. The summed E-state index contributed by atoms with van der Waals surface area (Å²) >= 11 is 0. The molecule has 0 radical (unpaired) electrons. The van der Waals surface area contributed by atoms with Crippen LogP contribution in [0.25, 0.3) is 0 Å². The number of allylic oxidation sites excluding steroid dienone is 1. The van der Waals surface area contributed by atoms with Gasteiger partial charge < -0.3 is 25.6 Å². The molecule has 0 spiro atoms. The van der Waals surface area contributed by atoms with Gasteiger partial charge in [0.2, 0.25) is 5.91 Å². The molecule has 0 saturated heterocycles. The molecule has 0 unspecified atom stereocenters. The minimum Gasteiger partial charge on any atom is -0.491 e. The van der Waals surface area contributed by atoms with E-state index in [0.717, 1.165) is 5.56 Å². The van der Waals surface area contributed by atoms with Gasteiger partial charge in [0.1, 0.15) is 18.5 Å². The maximum Gasteiger partial charge on any atom is 0.412 e. The standard InChI is InChI=1S/C28H31N3O5/c29-24-14-7-8-15-25(24)31-27(33)17-6-2-5-16-26(21-10-9-13-23(20-21)35-19-18-32)36-28(34)30-22-11-3-1-4-12-22/h1,3-4,6-15,17,20,26,32H,2,5,16,18-19,29H2,(H,30,34)(H,31,33)/b17-6+/t26-/m0/s1. The summed E-state index contributed by atoms with van der Waals surface area (Å²) in [6.07, 6.45) is 3.95. The lowest BCUT2D eigenvalue weighted by atomic mass is 10.0. The van der Waals surface area contributed by atoms with E-state index in [9.17, 15) is 9.59 Å². The third-order valence-electron chi connectivity index (χ3n) is 5.18. The molecular formula is C28H31N3O5. The number of aliphatic hydroxyl groups excluding tert-OH is 1. The van der Waals surface area contributed by atoms with E-state index < -0.39 is 12.2 Å². The fourth-order valence-corrected chi connectivity index (χ4v) is 3.46. The van der Waals surface area contributed by atoms with E-state index in [1.807, 2.05) is 30.3 Å². The predicted octanol–water partition coefficient (Wildman–Crippen LogP) is 5.29. The van der Waals surface area contributed by atoms with E-state index >= 15 is 0 Å². The van der Waals surface area contributed by atoms with Crippen molar-refractivity contribution >= 4 is 29.1 Å². The quantitative estimate of drug-likeness (QED) is 0.156. The number of hydrogen-bond acceptors (Lipinski definition) is 6. The van der Waals surface area contributed by atoms with Crippen LogP contribution in [-0.2, 0) is 9.53 Å². The van der Waals surface area contributed by atoms with Gasteiger partial charge in [-0.1, -0.05) is 48.5 Å². The van der Waals surface area contributed by atoms with E-state index in [0.29, 0.717) is 42.1 Å². The summed E-state index contributed by atoms with van der Waals surface area (Å²) in [5.74, 6) is 0.312. The molecule has 0 heterocycles. The molecule has 8 heteroatoms. The molecule has 36 heavy (non-hydrogen) atoms. The Morgan fingerprint density at radius 2 is 1.75 bits per heavy atom. The minimum atomic E-state index is -0.566. The van der Waals surface area contributed by atoms with Crippen LogP contribution in [0.3, 0.4) is 0 Å². The van der Waals surface area contributed by atoms with Gasteiger partial charge >= 0.3 is 6.09 Å². The van der Waals surface area contributed by atoms with Crippen LogP contribution >= 0.6 is 0 Å². The van der Waals surface area contributed by atoms with Crippen molar-refractivity contribution in [2.75, 3.05) is 29.6 Å². The number of nitrogen functional groups attached to an aromatic ring is 1. The average molecular weight is 490 g/mol. The van der Waals surface area contributed by atoms with Gasteiger partial charge in [-0.15, -0.1) is 0 Å². The van der Waals surface area contributed by atoms with Gasteiger partial charge in [0.05, 0.1) is 18.0 Å². The monoisotopic (exact) mass is 489 g/mol. The maximum absolute atomic E-state index is 12.6. The van der Waals surface area contributed by atoms with E-state index in [2.05, 4.69) is 10.6 Å². The number of nitrogens with two attached hydrogens (primary N) is 1. The van der Waals surface area contributed by atoms with Crippen LogP contribution in [0.15, 0.2) is 91.0 Å². The van der Waals surface area contributed by atoms with Gasteiger partial charge in [-0.2, -0.15) is 0 Å². The summed E-state index contributed by atoms with van der Waals surface area (Å²) in [6.45, 7) is 0.0748. The summed E-state index contributed by atoms with van der Waals surface area (Å²) in [7, 11) is 0. The van der Waals surface area contributed by atoms with E-state index in [1.54, 1.807) is 54.6 Å². The molecule has 0 aliphatic heterocycles. The molecule has 2 amide bonds. The zero-order valence-electron chi connectivity index (χ0n) is 19.9. The molecule has 1 atom stereocenters. The summed E-state index contributed by atoms with van der Waals surface area (Å²) in [5, 5.41) is 14.5. The van der Waals surface area contributed by atoms with E-state index in [4.69, 9.17) is 20.3 Å². The number of unbranched alkanes of at least 4 members (excludes halogenated alkanes) is 1. The Labute approximate surface area is 210 Å². The van der Waals surface area contributed by atoms with Gasteiger partial charge in [-0.05, 0) is 67.3 Å². The third-order valence-corrected chi connectivity index (χ3v) is 5.18. The minimum absolute atomic E-state index is 0.0968. The predicted molar refractivity (Wildman–Crippen MR) is 141 cm³/mol. The number of rotatable bonds is 12. The Morgan fingerprint density at radius 1 is 0.972 bits per heavy atom. The van der Waals surface area contributed by atoms with Gasteiger partial charge in [-0.3, -0.25) is 10.1 Å². The highest BCUT2D eigenvalue weighted by Crippen LogP contribution is 2.27. The number of amides is 2. The lowest BCUT2D eigenvalue weighted by Crippen LogP contribution is -2.17. The Hall–Kier alpha value is -4.30. The number of carbonyl (C=O) groups is 2. The van der Waals surface area contributed by atoms with Gasteiger partial charge in [0.15, 0.2) is 0 Å². The van der Waals surface area contributed by atoms with Crippen molar-refractivity contribution in [2.45, 2.75) is 25.4 Å². The first-order valence-corrected chi connectivity index (χ1v) is 11.7. The smallest absolute Gasteiger partial charge is 0.412 e. The number of nitrogens with one attached hydrogen (secondary N) is 2. The topological polar surface area (TPSA) is 123 Å². The molecule has 188 valence electrons. The normalized spacial score (nSPS) is 11.6. The molecule has 0 aliphatic rings. The molecule has 0 bridgehead atoms. The van der Waals surface area contributed by atoms with Crippen molar-refractivity contribution in [3.05, 3.63) is 96.6 Å². The maximum atomic E-state index is 12.6. The van der Waals surface area contributed by atoms with Crippen LogP contribution in [0, 0.1) is 0 Å². The number of aliphatic hydroxyl groups is 1. The first-order valence-electron chi connectivity index (χ1n) is 11.7. The molecule has 8 nitrogen and oxygen atoms in total. The van der Waals surface area contributed by atoms with Crippen molar-refractivity contribution in [2.24, 2.45) is 0 Å². The molecule has 0 aromatic heterocycles. The summed E-state index contributed by atoms with van der Waals surface area (Å²) < 4.78 is 11.3. The molecule has 5 N–H and O–H groups in total. The number of hydrogen-bond donors (Lipinski definition) is 4. The zero-order chi connectivity index (χ0) is 25.6. The number of para-hydroxylation sites is 3. The number of carbonyl (C=O) groups excluding carboxylic acids is 2. The molecule has 3 rings (SSSR count). The Morgan fingerprint density at radius 3 is 2.53 bits per heavy atom. The first kappa shape index (κ1) is 26.3. The largest absolute Gasteiger partial charge is 0.491 e. The van der Waals surface area contributed by atoms with Crippen molar-refractivity contribution in [3.8, 4) is 5.75 Å². The number of anilines is 3. The number of benzene rings is 3. The average Bonchev–Trinajstić information content (AvgIpc) is 2.88. The van der Waals surface area contributed by atoms with Crippen molar-refractivity contribution in [1.29, 1.82) is 0 Å². The van der Waals surface area contributed by atoms with Crippen molar-refractivity contribution in [3.63, 3.8) is 0 Å². The molecular weight excluding hydrogens is 458 g/mol.